The fraction of sp³-hybridized carbons (Fsp3) is 0.357. The van der Waals surface area contributed by atoms with Crippen molar-refractivity contribution < 1.29 is 8.42 Å². The molecule has 0 aliphatic rings. The number of hydrogen-bond acceptors (Lipinski definition) is 5. The maximum atomic E-state index is 12.2. The summed E-state index contributed by atoms with van der Waals surface area (Å²) in [6.45, 7) is 4.09. The van der Waals surface area contributed by atoms with Gasteiger partial charge in [0.25, 0.3) is 0 Å². The normalized spacial score (nSPS) is 11.7. The van der Waals surface area contributed by atoms with Gasteiger partial charge in [-0.15, -0.1) is 11.3 Å². The van der Waals surface area contributed by atoms with Crippen molar-refractivity contribution in [3.8, 4) is 0 Å². The van der Waals surface area contributed by atoms with E-state index in [0.717, 1.165) is 30.0 Å². The fourth-order valence-corrected chi connectivity index (χ4v) is 3.41. The quantitative estimate of drug-likeness (QED) is 0.729. The molecule has 7 heteroatoms. The van der Waals surface area contributed by atoms with E-state index < -0.39 is 10.0 Å². The van der Waals surface area contributed by atoms with E-state index in [4.69, 9.17) is 0 Å². The average Bonchev–Trinajstić information content (AvgIpc) is 3.00. The molecule has 2 N–H and O–H groups in total. The van der Waals surface area contributed by atoms with Crippen LogP contribution in [0.25, 0.3) is 0 Å². The number of sulfonamides is 1. The third kappa shape index (κ3) is 4.89. The Balaban J connectivity index is 1.96. The van der Waals surface area contributed by atoms with Gasteiger partial charge >= 0.3 is 0 Å². The summed E-state index contributed by atoms with van der Waals surface area (Å²) in [6.07, 6.45) is 2.74. The molecule has 0 fully saturated rings. The molecule has 21 heavy (non-hydrogen) atoms. The highest BCUT2D eigenvalue weighted by Gasteiger charge is 2.13. The Morgan fingerprint density at radius 1 is 1.19 bits per heavy atom. The van der Waals surface area contributed by atoms with E-state index >= 15 is 0 Å². The van der Waals surface area contributed by atoms with E-state index in [0.29, 0.717) is 0 Å². The molecule has 0 unspecified atom stereocenters. The lowest BCUT2D eigenvalue weighted by Gasteiger charge is -2.07. The minimum Gasteiger partial charge on any atom is -0.313 e. The summed E-state index contributed by atoms with van der Waals surface area (Å²) >= 11 is 1.43. The van der Waals surface area contributed by atoms with Gasteiger partial charge in [0.1, 0.15) is 0 Å². The Morgan fingerprint density at radius 2 is 1.95 bits per heavy atom. The van der Waals surface area contributed by atoms with Crippen LogP contribution in [0, 0.1) is 0 Å². The number of thiazole rings is 1. The van der Waals surface area contributed by atoms with E-state index in [1.807, 2.05) is 12.1 Å². The highest BCUT2D eigenvalue weighted by atomic mass is 32.2. The van der Waals surface area contributed by atoms with Gasteiger partial charge in [-0.3, -0.25) is 4.98 Å². The predicted octanol–water partition coefficient (Wildman–Crippen LogP) is 2.12. The van der Waals surface area contributed by atoms with Gasteiger partial charge in [-0.05, 0) is 30.7 Å². The first-order valence-corrected chi connectivity index (χ1v) is 9.15. The number of hydrogen-bond donors (Lipinski definition) is 2. The summed E-state index contributed by atoms with van der Waals surface area (Å²) in [5, 5.41) is 3.28. The van der Waals surface area contributed by atoms with Gasteiger partial charge in [0.15, 0.2) is 0 Å². The van der Waals surface area contributed by atoms with Crippen molar-refractivity contribution >= 4 is 21.4 Å². The minimum absolute atomic E-state index is 0.271. The first-order chi connectivity index (χ1) is 10.1. The van der Waals surface area contributed by atoms with Gasteiger partial charge in [0.05, 0.1) is 10.4 Å². The topological polar surface area (TPSA) is 71.1 Å². The van der Waals surface area contributed by atoms with Crippen LogP contribution < -0.4 is 10.0 Å². The van der Waals surface area contributed by atoms with E-state index in [-0.39, 0.29) is 11.4 Å². The standard InChI is InChI=1S/C14H19N3O2S2/c1-2-7-15-8-12-3-5-14(6-4-12)21(18,19)17-10-13-9-16-11-20-13/h3-6,9,11,15,17H,2,7-8,10H2,1H3. The van der Waals surface area contributed by atoms with Crippen LogP contribution in [0.15, 0.2) is 40.9 Å². The lowest BCUT2D eigenvalue weighted by atomic mass is 10.2. The fourth-order valence-electron chi connectivity index (χ4n) is 1.77. The summed E-state index contributed by atoms with van der Waals surface area (Å²) in [5.74, 6) is 0. The number of benzene rings is 1. The highest BCUT2D eigenvalue weighted by Crippen LogP contribution is 2.12. The van der Waals surface area contributed by atoms with Crippen LogP contribution in [-0.4, -0.2) is 19.9 Å². The molecule has 0 amide bonds. The highest BCUT2D eigenvalue weighted by molar-refractivity contribution is 7.89. The molecule has 0 aliphatic carbocycles. The van der Waals surface area contributed by atoms with E-state index in [2.05, 4.69) is 21.9 Å². The first kappa shape index (κ1) is 16.1. The lowest BCUT2D eigenvalue weighted by molar-refractivity contribution is 0.581. The lowest BCUT2D eigenvalue weighted by Crippen LogP contribution is -2.22. The van der Waals surface area contributed by atoms with Gasteiger partial charge in [-0.25, -0.2) is 13.1 Å². The van der Waals surface area contributed by atoms with Gasteiger partial charge in [0.2, 0.25) is 10.0 Å². The van der Waals surface area contributed by atoms with Gasteiger partial charge in [-0.2, -0.15) is 0 Å². The monoisotopic (exact) mass is 325 g/mol. The van der Waals surface area contributed by atoms with Gasteiger partial charge < -0.3 is 5.32 Å². The second-order valence-corrected chi connectivity index (χ2v) is 7.35. The maximum Gasteiger partial charge on any atom is 0.240 e. The molecule has 0 atom stereocenters. The molecule has 0 saturated heterocycles. The van der Waals surface area contributed by atoms with Crippen LogP contribution in [0.1, 0.15) is 23.8 Å². The van der Waals surface area contributed by atoms with Crippen LogP contribution in [-0.2, 0) is 23.1 Å². The minimum atomic E-state index is -3.47. The molecular weight excluding hydrogens is 306 g/mol. The Bertz CT molecular complexity index is 637. The second kappa shape index (κ2) is 7.65. The summed E-state index contributed by atoms with van der Waals surface area (Å²) in [7, 11) is -3.47. The molecule has 0 radical (unpaired) electrons. The number of aromatic nitrogens is 1. The molecule has 0 spiro atoms. The Labute approximate surface area is 129 Å². The Hall–Kier alpha value is -1.28. The smallest absolute Gasteiger partial charge is 0.240 e. The van der Waals surface area contributed by atoms with Crippen molar-refractivity contribution in [1.29, 1.82) is 0 Å². The molecule has 114 valence electrons. The van der Waals surface area contributed by atoms with Gasteiger partial charge in [0, 0.05) is 24.2 Å². The van der Waals surface area contributed by atoms with Crippen molar-refractivity contribution in [3.05, 3.63) is 46.4 Å². The molecule has 1 aromatic heterocycles. The number of nitrogens with zero attached hydrogens (tertiary/aromatic N) is 1. The molecule has 2 aromatic rings. The molecule has 0 bridgehead atoms. The SMILES string of the molecule is CCCNCc1ccc(S(=O)(=O)NCc2cncs2)cc1. The summed E-state index contributed by atoms with van der Waals surface area (Å²) in [4.78, 5) is 5.09. The van der Waals surface area contributed by atoms with Crippen molar-refractivity contribution in [1.82, 2.24) is 15.0 Å². The molecule has 5 nitrogen and oxygen atoms in total. The predicted molar refractivity (Wildman–Crippen MR) is 84.6 cm³/mol. The largest absolute Gasteiger partial charge is 0.313 e. The molecular formula is C14H19N3O2S2. The van der Waals surface area contributed by atoms with Crippen LogP contribution in [0.4, 0.5) is 0 Å². The van der Waals surface area contributed by atoms with E-state index in [1.54, 1.807) is 23.8 Å². The third-order valence-corrected chi connectivity index (χ3v) is 5.11. The zero-order chi connectivity index (χ0) is 15.1. The van der Waals surface area contributed by atoms with Crippen LogP contribution >= 0.6 is 11.3 Å². The van der Waals surface area contributed by atoms with Crippen molar-refractivity contribution in [2.45, 2.75) is 31.3 Å². The van der Waals surface area contributed by atoms with Crippen molar-refractivity contribution in [3.63, 3.8) is 0 Å². The summed E-state index contributed by atoms with van der Waals surface area (Å²) < 4.78 is 26.9. The Kier molecular flexibility index (Phi) is 5.86. The third-order valence-electron chi connectivity index (χ3n) is 2.91. The van der Waals surface area contributed by atoms with E-state index in [1.165, 1.54) is 11.3 Å². The van der Waals surface area contributed by atoms with E-state index in [9.17, 15) is 8.42 Å². The first-order valence-electron chi connectivity index (χ1n) is 6.78. The zero-order valence-corrected chi connectivity index (χ0v) is 13.5. The second-order valence-electron chi connectivity index (χ2n) is 4.61. The molecule has 2 rings (SSSR count). The Morgan fingerprint density at radius 3 is 2.57 bits per heavy atom. The van der Waals surface area contributed by atoms with Crippen LogP contribution in [0.2, 0.25) is 0 Å². The van der Waals surface area contributed by atoms with Gasteiger partial charge in [-0.1, -0.05) is 19.1 Å². The molecule has 0 saturated carbocycles. The number of rotatable bonds is 8. The summed E-state index contributed by atoms with van der Waals surface area (Å²) in [5.41, 5.74) is 2.76. The van der Waals surface area contributed by atoms with Crippen molar-refractivity contribution in [2.24, 2.45) is 0 Å². The van der Waals surface area contributed by atoms with Crippen LogP contribution in [0.3, 0.4) is 0 Å². The van der Waals surface area contributed by atoms with Crippen LogP contribution in [0.5, 0.6) is 0 Å². The molecule has 0 aliphatic heterocycles. The average molecular weight is 325 g/mol. The number of nitrogens with one attached hydrogen (secondary N) is 2. The maximum absolute atomic E-state index is 12.2. The summed E-state index contributed by atoms with van der Waals surface area (Å²) in [6, 6.07) is 6.95. The van der Waals surface area contributed by atoms with Crippen molar-refractivity contribution in [2.75, 3.05) is 6.54 Å². The molecule has 1 heterocycles. The zero-order valence-electron chi connectivity index (χ0n) is 11.9. The molecule has 1 aromatic carbocycles.